The zero-order chi connectivity index (χ0) is 8.97. The third-order valence-electron chi connectivity index (χ3n) is 2.42. The molecule has 1 aliphatic carbocycles. The van der Waals surface area contributed by atoms with E-state index in [0.29, 0.717) is 12.5 Å². The van der Waals surface area contributed by atoms with Crippen molar-refractivity contribution in [2.45, 2.75) is 26.2 Å². The molecule has 12 heavy (non-hydrogen) atoms. The third kappa shape index (κ3) is 2.21. The molecule has 0 spiro atoms. The number of esters is 1. The van der Waals surface area contributed by atoms with Gasteiger partial charge in [0.25, 0.3) is 0 Å². The van der Waals surface area contributed by atoms with Gasteiger partial charge in [0.05, 0.1) is 12.5 Å². The maximum atomic E-state index is 11.2. The first-order valence-electron chi connectivity index (χ1n) is 4.55. The molecule has 0 aromatic carbocycles. The van der Waals surface area contributed by atoms with E-state index in [0.717, 1.165) is 19.3 Å². The Bertz CT molecular complexity index is 156. The van der Waals surface area contributed by atoms with Gasteiger partial charge in [-0.3, -0.25) is 4.79 Å². The Hall–Kier alpha value is -0.570. The standard InChI is InChI=1S/C9H16O3/c1-2-12-9(11)8-4-3-7(5-8)6-10/h7-8,10H,2-6H2,1H3/t7-,8-/m0/s1. The molecule has 3 heteroatoms. The number of carbonyl (C=O) groups excluding carboxylic acids is 1. The molecule has 0 aliphatic heterocycles. The van der Waals surface area contributed by atoms with E-state index < -0.39 is 0 Å². The Labute approximate surface area is 72.7 Å². The van der Waals surface area contributed by atoms with E-state index in [2.05, 4.69) is 0 Å². The average molecular weight is 172 g/mol. The van der Waals surface area contributed by atoms with E-state index in [1.165, 1.54) is 0 Å². The van der Waals surface area contributed by atoms with Crippen LogP contribution < -0.4 is 0 Å². The summed E-state index contributed by atoms with van der Waals surface area (Å²) in [4.78, 5) is 11.2. The minimum absolute atomic E-state index is 0.0436. The van der Waals surface area contributed by atoms with Gasteiger partial charge < -0.3 is 9.84 Å². The molecule has 1 N–H and O–H groups in total. The molecule has 0 aromatic rings. The third-order valence-corrected chi connectivity index (χ3v) is 2.42. The van der Waals surface area contributed by atoms with Gasteiger partial charge in [-0.15, -0.1) is 0 Å². The zero-order valence-electron chi connectivity index (χ0n) is 7.45. The Balaban J connectivity index is 2.31. The predicted octanol–water partition coefficient (Wildman–Crippen LogP) is 0.958. The first-order valence-corrected chi connectivity index (χ1v) is 4.55. The van der Waals surface area contributed by atoms with Gasteiger partial charge in [0, 0.05) is 6.61 Å². The second kappa shape index (κ2) is 4.45. The number of hydrogen-bond acceptors (Lipinski definition) is 3. The van der Waals surface area contributed by atoms with E-state index in [-0.39, 0.29) is 18.5 Å². The molecular formula is C9H16O3. The quantitative estimate of drug-likeness (QED) is 0.645. The highest BCUT2D eigenvalue weighted by molar-refractivity contribution is 5.72. The number of aliphatic hydroxyl groups is 1. The van der Waals surface area contributed by atoms with Crippen molar-refractivity contribution in [1.29, 1.82) is 0 Å². The monoisotopic (exact) mass is 172 g/mol. The molecule has 0 amide bonds. The summed E-state index contributed by atoms with van der Waals surface area (Å²) in [5.41, 5.74) is 0. The normalized spacial score (nSPS) is 28.8. The second-order valence-electron chi connectivity index (χ2n) is 3.31. The predicted molar refractivity (Wildman–Crippen MR) is 44.5 cm³/mol. The lowest BCUT2D eigenvalue weighted by atomic mass is 10.1. The lowest BCUT2D eigenvalue weighted by molar-refractivity contribution is -0.147. The Morgan fingerprint density at radius 2 is 2.33 bits per heavy atom. The fraction of sp³-hybridized carbons (Fsp3) is 0.889. The molecule has 70 valence electrons. The van der Waals surface area contributed by atoms with E-state index in [1.54, 1.807) is 0 Å². The molecular weight excluding hydrogens is 156 g/mol. The first kappa shape index (κ1) is 9.52. The highest BCUT2D eigenvalue weighted by atomic mass is 16.5. The molecule has 1 fully saturated rings. The Morgan fingerprint density at radius 3 is 2.83 bits per heavy atom. The van der Waals surface area contributed by atoms with Crippen molar-refractivity contribution < 1.29 is 14.6 Å². The van der Waals surface area contributed by atoms with Crippen LogP contribution in [-0.4, -0.2) is 24.3 Å². The lowest BCUT2D eigenvalue weighted by Gasteiger charge is -2.08. The minimum atomic E-state index is -0.0894. The maximum Gasteiger partial charge on any atom is 0.308 e. The fourth-order valence-corrected chi connectivity index (χ4v) is 1.71. The molecule has 0 radical (unpaired) electrons. The zero-order valence-corrected chi connectivity index (χ0v) is 7.45. The van der Waals surface area contributed by atoms with Crippen LogP contribution >= 0.6 is 0 Å². The van der Waals surface area contributed by atoms with Crippen LogP contribution in [0.3, 0.4) is 0 Å². The molecule has 0 saturated heterocycles. The Kier molecular flexibility index (Phi) is 3.53. The highest BCUT2D eigenvalue weighted by Gasteiger charge is 2.30. The summed E-state index contributed by atoms with van der Waals surface area (Å²) >= 11 is 0. The topological polar surface area (TPSA) is 46.5 Å². The number of hydrogen-bond donors (Lipinski definition) is 1. The summed E-state index contributed by atoms with van der Waals surface area (Å²) in [6.07, 6.45) is 2.64. The van der Waals surface area contributed by atoms with Crippen LogP contribution in [0.4, 0.5) is 0 Å². The van der Waals surface area contributed by atoms with E-state index in [9.17, 15) is 4.79 Å². The summed E-state index contributed by atoms with van der Waals surface area (Å²) < 4.78 is 4.90. The number of carbonyl (C=O) groups is 1. The van der Waals surface area contributed by atoms with Crippen LogP contribution in [0.15, 0.2) is 0 Å². The van der Waals surface area contributed by atoms with E-state index >= 15 is 0 Å². The molecule has 0 unspecified atom stereocenters. The van der Waals surface area contributed by atoms with Crippen molar-refractivity contribution in [2.24, 2.45) is 11.8 Å². The molecule has 1 saturated carbocycles. The smallest absolute Gasteiger partial charge is 0.308 e. The van der Waals surface area contributed by atoms with Gasteiger partial charge in [-0.2, -0.15) is 0 Å². The van der Waals surface area contributed by atoms with Crippen LogP contribution in [0.5, 0.6) is 0 Å². The molecule has 0 heterocycles. The van der Waals surface area contributed by atoms with Crippen molar-refractivity contribution in [3.8, 4) is 0 Å². The number of ether oxygens (including phenoxy) is 1. The van der Waals surface area contributed by atoms with Crippen LogP contribution in [0, 0.1) is 11.8 Å². The fourth-order valence-electron chi connectivity index (χ4n) is 1.71. The van der Waals surface area contributed by atoms with Crippen molar-refractivity contribution in [1.82, 2.24) is 0 Å². The SMILES string of the molecule is CCOC(=O)[C@H]1CC[C@H](CO)C1. The summed E-state index contributed by atoms with van der Waals surface area (Å²) in [5, 5.41) is 8.84. The molecule has 2 atom stereocenters. The minimum Gasteiger partial charge on any atom is -0.466 e. The van der Waals surface area contributed by atoms with Crippen molar-refractivity contribution in [3.05, 3.63) is 0 Å². The number of aliphatic hydroxyl groups excluding tert-OH is 1. The molecule has 0 bridgehead atoms. The highest BCUT2D eigenvalue weighted by Crippen LogP contribution is 2.31. The lowest BCUT2D eigenvalue weighted by Crippen LogP contribution is -2.15. The van der Waals surface area contributed by atoms with Crippen molar-refractivity contribution >= 4 is 5.97 Å². The van der Waals surface area contributed by atoms with Crippen LogP contribution in [-0.2, 0) is 9.53 Å². The van der Waals surface area contributed by atoms with Gasteiger partial charge in [-0.1, -0.05) is 0 Å². The first-order chi connectivity index (χ1) is 5.77. The molecule has 1 aliphatic rings. The van der Waals surface area contributed by atoms with Gasteiger partial charge in [-0.05, 0) is 32.1 Å². The average Bonchev–Trinajstić information content (AvgIpc) is 2.52. The van der Waals surface area contributed by atoms with Gasteiger partial charge >= 0.3 is 5.97 Å². The van der Waals surface area contributed by atoms with E-state index in [1.807, 2.05) is 6.92 Å². The molecule has 0 aromatic heterocycles. The van der Waals surface area contributed by atoms with Crippen molar-refractivity contribution in [2.75, 3.05) is 13.2 Å². The van der Waals surface area contributed by atoms with Crippen molar-refractivity contribution in [3.63, 3.8) is 0 Å². The van der Waals surface area contributed by atoms with Crippen LogP contribution in [0.25, 0.3) is 0 Å². The van der Waals surface area contributed by atoms with Gasteiger partial charge in [0.15, 0.2) is 0 Å². The molecule has 1 rings (SSSR count). The largest absolute Gasteiger partial charge is 0.466 e. The van der Waals surface area contributed by atoms with Crippen LogP contribution in [0.1, 0.15) is 26.2 Å². The second-order valence-corrected chi connectivity index (χ2v) is 3.31. The van der Waals surface area contributed by atoms with Gasteiger partial charge in [0.1, 0.15) is 0 Å². The summed E-state index contributed by atoms with van der Waals surface area (Å²) in [5.74, 6) is 0.273. The molecule has 3 nitrogen and oxygen atoms in total. The van der Waals surface area contributed by atoms with Gasteiger partial charge in [0.2, 0.25) is 0 Å². The maximum absolute atomic E-state index is 11.2. The number of rotatable bonds is 3. The van der Waals surface area contributed by atoms with Gasteiger partial charge in [-0.25, -0.2) is 0 Å². The Morgan fingerprint density at radius 1 is 1.58 bits per heavy atom. The summed E-state index contributed by atoms with van der Waals surface area (Å²) in [6, 6.07) is 0. The van der Waals surface area contributed by atoms with Crippen LogP contribution in [0.2, 0.25) is 0 Å². The summed E-state index contributed by atoms with van der Waals surface area (Å²) in [6.45, 7) is 2.48. The van der Waals surface area contributed by atoms with E-state index in [4.69, 9.17) is 9.84 Å². The summed E-state index contributed by atoms with van der Waals surface area (Å²) in [7, 11) is 0.